The summed E-state index contributed by atoms with van der Waals surface area (Å²) in [6.45, 7) is 8.23. The second kappa shape index (κ2) is 4.31. The van der Waals surface area contributed by atoms with Crippen molar-refractivity contribution in [1.82, 2.24) is 0 Å². The molecule has 0 bridgehead atoms. The topological polar surface area (TPSA) is 20.2 Å². The Bertz CT molecular complexity index is 339. The number of hydrogen-bond acceptors (Lipinski definition) is 1. The molecule has 0 aliphatic rings. The van der Waals surface area contributed by atoms with Crippen LogP contribution in [-0.4, -0.2) is 11.7 Å². The van der Waals surface area contributed by atoms with Gasteiger partial charge in [-0.3, -0.25) is 0 Å². The molecule has 0 radical (unpaired) electrons. The minimum absolute atomic E-state index is 0.0186. The van der Waals surface area contributed by atoms with Gasteiger partial charge in [0.1, 0.15) is 5.82 Å². The maximum Gasteiger partial charge on any atom is 0.123 e. The fourth-order valence-corrected chi connectivity index (χ4v) is 1.72. The van der Waals surface area contributed by atoms with Crippen molar-refractivity contribution in [2.75, 3.05) is 6.61 Å². The van der Waals surface area contributed by atoms with Gasteiger partial charge in [-0.2, -0.15) is 0 Å². The third-order valence-electron chi connectivity index (χ3n) is 2.63. The molecule has 1 unspecified atom stereocenters. The second-order valence-corrected chi connectivity index (χ2v) is 5.07. The second-order valence-electron chi connectivity index (χ2n) is 5.07. The first-order valence-electron chi connectivity index (χ1n) is 5.27. The molecule has 0 amide bonds. The van der Waals surface area contributed by atoms with Gasteiger partial charge in [0.25, 0.3) is 0 Å². The van der Waals surface area contributed by atoms with Crippen molar-refractivity contribution in [3.05, 3.63) is 35.1 Å². The summed E-state index contributed by atoms with van der Waals surface area (Å²) in [6, 6.07) is 4.83. The van der Waals surface area contributed by atoms with Crippen molar-refractivity contribution < 1.29 is 9.50 Å². The molecule has 0 aromatic heterocycles. The lowest BCUT2D eigenvalue weighted by Gasteiger charge is -2.25. The van der Waals surface area contributed by atoms with Crippen molar-refractivity contribution in [2.45, 2.75) is 39.0 Å². The molecule has 0 saturated carbocycles. The van der Waals surface area contributed by atoms with Gasteiger partial charge in [0, 0.05) is 12.5 Å². The van der Waals surface area contributed by atoms with E-state index >= 15 is 0 Å². The van der Waals surface area contributed by atoms with E-state index in [1.807, 2.05) is 13.0 Å². The predicted molar refractivity (Wildman–Crippen MR) is 60.6 cm³/mol. The van der Waals surface area contributed by atoms with Crippen LogP contribution in [0.5, 0.6) is 0 Å². The Balaban J connectivity index is 3.27. The molecule has 1 rings (SSSR count). The fourth-order valence-electron chi connectivity index (χ4n) is 1.72. The van der Waals surface area contributed by atoms with Crippen LogP contribution in [0.15, 0.2) is 18.2 Å². The fraction of sp³-hybridized carbons (Fsp3) is 0.538. The molecule has 0 heterocycles. The lowest BCUT2D eigenvalue weighted by Crippen LogP contribution is -2.16. The van der Waals surface area contributed by atoms with Gasteiger partial charge in [-0.15, -0.1) is 0 Å². The Labute approximate surface area is 90.9 Å². The number of rotatable bonds is 2. The average Bonchev–Trinajstić information content (AvgIpc) is 2.14. The molecule has 1 aromatic rings. The van der Waals surface area contributed by atoms with Gasteiger partial charge >= 0.3 is 0 Å². The van der Waals surface area contributed by atoms with Crippen LogP contribution in [0.3, 0.4) is 0 Å². The molecule has 15 heavy (non-hydrogen) atoms. The highest BCUT2D eigenvalue weighted by molar-refractivity contribution is 5.35. The third kappa shape index (κ3) is 2.78. The van der Waals surface area contributed by atoms with Crippen molar-refractivity contribution in [3.8, 4) is 0 Å². The molecule has 2 heteroatoms. The summed E-state index contributed by atoms with van der Waals surface area (Å²) in [5.74, 6) is -0.256. The molecule has 0 fully saturated rings. The van der Waals surface area contributed by atoms with Crippen LogP contribution >= 0.6 is 0 Å². The lowest BCUT2D eigenvalue weighted by molar-refractivity contribution is 0.271. The van der Waals surface area contributed by atoms with Crippen LogP contribution in [0.2, 0.25) is 0 Å². The molecular weight excluding hydrogens is 191 g/mol. The van der Waals surface area contributed by atoms with E-state index in [4.69, 9.17) is 5.11 Å². The van der Waals surface area contributed by atoms with Crippen molar-refractivity contribution >= 4 is 0 Å². The number of benzene rings is 1. The first-order chi connectivity index (χ1) is 6.86. The molecule has 1 atom stereocenters. The van der Waals surface area contributed by atoms with Gasteiger partial charge < -0.3 is 5.11 Å². The normalized spacial score (nSPS) is 14.0. The summed E-state index contributed by atoms with van der Waals surface area (Å²) in [4.78, 5) is 0. The number of aliphatic hydroxyl groups is 1. The van der Waals surface area contributed by atoms with E-state index in [1.54, 1.807) is 0 Å². The van der Waals surface area contributed by atoms with Gasteiger partial charge in [0.15, 0.2) is 0 Å². The summed E-state index contributed by atoms with van der Waals surface area (Å²) in [6.07, 6.45) is 0. The van der Waals surface area contributed by atoms with Crippen LogP contribution in [0.4, 0.5) is 4.39 Å². The van der Waals surface area contributed by atoms with E-state index in [0.717, 1.165) is 11.1 Å². The van der Waals surface area contributed by atoms with Crippen LogP contribution in [0, 0.1) is 5.82 Å². The highest BCUT2D eigenvalue weighted by atomic mass is 19.1. The minimum Gasteiger partial charge on any atom is -0.396 e. The minimum atomic E-state index is -0.238. The van der Waals surface area contributed by atoms with Gasteiger partial charge in [0.05, 0.1) is 0 Å². The molecule has 0 saturated heterocycles. The first-order valence-corrected chi connectivity index (χ1v) is 5.27. The molecule has 0 aliphatic carbocycles. The summed E-state index contributed by atoms with van der Waals surface area (Å²) in [5.41, 5.74) is 1.99. The summed E-state index contributed by atoms with van der Waals surface area (Å²) >= 11 is 0. The quantitative estimate of drug-likeness (QED) is 0.794. The van der Waals surface area contributed by atoms with E-state index in [1.165, 1.54) is 12.1 Å². The molecule has 1 aromatic carbocycles. The predicted octanol–water partition coefficient (Wildman–Crippen LogP) is 3.22. The Morgan fingerprint density at radius 1 is 1.33 bits per heavy atom. The van der Waals surface area contributed by atoms with Gasteiger partial charge in [-0.05, 0) is 28.7 Å². The zero-order valence-electron chi connectivity index (χ0n) is 9.84. The van der Waals surface area contributed by atoms with Crippen LogP contribution in [0.1, 0.15) is 44.7 Å². The standard InChI is InChI=1S/C13H19FO/c1-9(8-15)11-7-10(14)5-6-12(11)13(2,3)4/h5-7,9,15H,8H2,1-4H3. The van der Waals surface area contributed by atoms with Gasteiger partial charge in [0.2, 0.25) is 0 Å². The van der Waals surface area contributed by atoms with Crippen molar-refractivity contribution in [1.29, 1.82) is 0 Å². The van der Waals surface area contributed by atoms with Crippen LogP contribution < -0.4 is 0 Å². The maximum absolute atomic E-state index is 13.2. The first kappa shape index (κ1) is 12.2. The largest absolute Gasteiger partial charge is 0.396 e. The molecule has 1 nitrogen and oxygen atoms in total. The molecule has 84 valence electrons. The highest BCUT2D eigenvalue weighted by Gasteiger charge is 2.20. The average molecular weight is 210 g/mol. The molecule has 0 aliphatic heterocycles. The van der Waals surface area contributed by atoms with E-state index < -0.39 is 0 Å². The summed E-state index contributed by atoms with van der Waals surface area (Å²) in [7, 11) is 0. The smallest absolute Gasteiger partial charge is 0.123 e. The monoisotopic (exact) mass is 210 g/mol. The van der Waals surface area contributed by atoms with E-state index in [-0.39, 0.29) is 23.8 Å². The zero-order valence-corrected chi connectivity index (χ0v) is 9.84. The van der Waals surface area contributed by atoms with E-state index in [9.17, 15) is 4.39 Å². The van der Waals surface area contributed by atoms with E-state index in [0.29, 0.717) is 0 Å². The lowest BCUT2D eigenvalue weighted by atomic mass is 9.80. The van der Waals surface area contributed by atoms with E-state index in [2.05, 4.69) is 20.8 Å². The number of aliphatic hydroxyl groups excluding tert-OH is 1. The summed E-state index contributed by atoms with van der Waals surface area (Å²) < 4.78 is 13.2. The Hall–Kier alpha value is -0.890. The highest BCUT2D eigenvalue weighted by Crippen LogP contribution is 2.30. The zero-order chi connectivity index (χ0) is 11.6. The molecular formula is C13H19FO. The third-order valence-corrected chi connectivity index (χ3v) is 2.63. The summed E-state index contributed by atoms with van der Waals surface area (Å²) in [5, 5.41) is 9.15. The van der Waals surface area contributed by atoms with Crippen molar-refractivity contribution in [2.24, 2.45) is 0 Å². The maximum atomic E-state index is 13.2. The SMILES string of the molecule is CC(CO)c1cc(F)ccc1C(C)(C)C. The van der Waals surface area contributed by atoms with Gasteiger partial charge in [-0.1, -0.05) is 33.8 Å². The molecule has 0 spiro atoms. The molecule has 1 N–H and O–H groups in total. The van der Waals surface area contributed by atoms with Crippen molar-refractivity contribution in [3.63, 3.8) is 0 Å². The number of hydrogen-bond donors (Lipinski definition) is 1. The Morgan fingerprint density at radius 2 is 1.93 bits per heavy atom. The van der Waals surface area contributed by atoms with Crippen LogP contribution in [-0.2, 0) is 5.41 Å². The van der Waals surface area contributed by atoms with Crippen LogP contribution in [0.25, 0.3) is 0 Å². The van der Waals surface area contributed by atoms with Gasteiger partial charge in [-0.25, -0.2) is 4.39 Å². The Morgan fingerprint density at radius 3 is 2.40 bits per heavy atom. The number of halogens is 1. The Kier molecular flexibility index (Phi) is 3.50.